The lowest BCUT2D eigenvalue weighted by Gasteiger charge is -2.33. The van der Waals surface area contributed by atoms with E-state index in [1.54, 1.807) is 6.33 Å². The number of anilines is 1. The molecular formula is C15H23N5O. The van der Waals surface area contributed by atoms with Gasteiger partial charge in [-0.3, -0.25) is 4.79 Å². The first kappa shape index (κ1) is 14.3. The summed E-state index contributed by atoms with van der Waals surface area (Å²) in [6, 6.07) is 2.23. The molecule has 6 heteroatoms. The number of nitrogens with zero attached hydrogens (tertiary/aromatic N) is 3. The molecule has 1 atom stereocenters. The third-order valence-corrected chi connectivity index (χ3v) is 4.14. The number of rotatable bonds is 5. The van der Waals surface area contributed by atoms with Crippen molar-refractivity contribution >= 4 is 11.7 Å². The highest BCUT2D eigenvalue weighted by atomic mass is 16.2. The quantitative estimate of drug-likeness (QED) is 0.837. The van der Waals surface area contributed by atoms with Gasteiger partial charge >= 0.3 is 0 Å². The summed E-state index contributed by atoms with van der Waals surface area (Å²) in [5.41, 5.74) is 6.51. The number of aromatic nitrogens is 2. The number of hydrogen-bond acceptors (Lipinski definition) is 5. The number of carbonyl (C=O) groups excluding carboxylic acids is 1. The molecule has 0 radical (unpaired) electrons. The van der Waals surface area contributed by atoms with Gasteiger partial charge in [0, 0.05) is 43.2 Å². The minimum Gasteiger partial charge on any atom is -0.365 e. The van der Waals surface area contributed by atoms with Crippen LogP contribution in [0.2, 0.25) is 0 Å². The molecule has 0 bridgehead atoms. The molecule has 1 saturated heterocycles. The van der Waals surface area contributed by atoms with Crippen LogP contribution in [0.3, 0.4) is 0 Å². The second-order valence-corrected chi connectivity index (χ2v) is 5.98. The Balaban J connectivity index is 1.58. The van der Waals surface area contributed by atoms with Gasteiger partial charge in [-0.25, -0.2) is 9.97 Å². The zero-order valence-electron chi connectivity index (χ0n) is 12.3. The van der Waals surface area contributed by atoms with Crippen LogP contribution < -0.4 is 11.1 Å². The van der Waals surface area contributed by atoms with E-state index in [-0.39, 0.29) is 6.04 Å². The normalized spacial score (nSPS) is 22.1. The average Bonchev–Trinajstić information content (AvgIpc) is 3.32. The molecule has 0 spiro atoms. The highest BCUT2D eigenvalue weighted by Gasteiger charge is 2.35. The second-order valence-electron chi connectivity index (χ2n) is 5.98. The summed E-state index contributed by atoms with van der Waals surface area (Å²) in [5.74, 6) is 1.48. The molecule has 1 aliphatic carbocycles. The monoisotopic (exact) mass is 289 g/mol. The largest absolute Gasteiger partial charge is 0.365 e. The molecule has 1 aromatic rings. The van der Waals surface area contributed by atoms with Crippen molar-refractivity contribution in [2.45, 2.75) is 38.1 Å². The molecular weight excluding hydrogens is 266 g/mol. The minimum absolute atomic E-state index is 0.280. The van der Waals surface area contributed by atoms with Gasteiger partial charge in [0.1, 0.15) is 12.1 Å². The number of nitrogens with two attached hydrogens (primary N) is 1. The lowest BCUT2D eigenvalue weighted by atomic mass is 10.1. The Morgan fingerprint density at radius 2 is 2.24 bits per heavy atom. The summed E-state index contributed by atoms with van der Waals surface area (Å²) in [4.78, 5) is 22.6. The predicted molar refractivity (Wildman–Crippen MR) is 80.7 cm³/mol. The number of nitrogens with one attached hydrogen (secondary N) is 1. The fourth-order valence-electron chi connectivity index (χ4n) is 2.85. The van der Waals surface area contributed by atoms with Gasteiger partial charge in [0.25, 0.3) is 0 Å². The molecule has 1 unspecified atom stereocenters. The molecule has 1 aliphatic heterocycles. The number of hydrogen-bond donors (Lipinski definition) is 2. The van der Waals surface area contributed by atoms with E-state index in [1.165, 1.54) is 0 Å². The lowest BCUT2D eigenvalue weighted by molar-refractivity contribution is -0.133. The summed E-state index contributed by atoms with van der Waals surface area (Å²) in [5, 5.41) is 3.44. The van der Waals surface area contributed by atoms with Gasteiger partial charge in [-0.2, -0.15) is 0 Å². The van der Waals surface area contributed by atoms with Crippen LogP contribution >= 0.6 is 0 Å². The Morgan fingerprint density at radius 3 is 3.00 bits per heavy atom. The van der Waals surface area contributed by atoms with Gasteiger partial charge in [0.05, 0.1) is 0 Å². The minimum atomic E-state index is 0.280. The zero-order chi connectivity index (χ0) is 14.7. The van der Waals surface area contributed by atoms with Crippen LogP contribution in [-0.2, 0) is 11.2 Å². The van der Waals surface area contributed by atoms with Crippen molar-refractivity contribution in [1.82, 2.24) is 14.9 Å². The maximum absolute atomic E-state index is 12.2. The van der Waals surface area contributed by atoms with E-state index in [4.69, 9.17) is 5.73 Å². The first-order chi connectivity index (χ1) is 10.3. The SMILES string of the molecule is NCCc1cc(NC2CCCN(C(=O)C3CC3)C2)ncn1. The van der Waals surface area contributed by atoms with Crippen LogP contribution in [0.1, 0.15) is 31.4 Å². The Morgan fingerprint density at radius 1 is 1.38 bits per heavy atom. The Hall–Kier alpha value is -1.69. The van der Waals surface area contributed by atoms with Gasteiger partial charge < -0.3 is 16.0 Å². The smallest absolute Gasteiger partial charge is 0.225 e. The van der Waals surface area contributed by atoms with Crippen molar-refractivity contribution < 1.29 is 4.79 Å². The third-order valence-electron chi connectivity index (χ3n) is 4.14. The van der Waals surface area contributed by atoms with Crippen LogP contribution in [0.25, 0.3) is 0 Å². The summed E-state index contributed by atoms with van der Waals surface area (Å²) in [6.07, 6.45) is 6.60. The highest BCUT2D eigenvalue weighted by Crippen LogP contribution is 2.32. The van der Waals surface area contributed by atoms with Crippen molar-refractivity contribution in [3.63, 3.8) is 0 Å². The van der Waals surface area contributed by atoms with Gasteiger partial charge in [-0.05, 0) is 32.2 Å². The number of likely N-dealkylation sites (tertiary alicyclic amines) is 1. The Kier molecular flexibility index (Phi) is 4.34. The Bertz CT molecular complexity index is 503. The van der Waals surface area contributed by atoms with E-state index in [1.807, 2.05) is 11.0 Å². The molecule has 0 aromatic carbocycles. The number of piperidine rings is 1. The van der Waals surface area contributed by atoms with E-state index in [2.05, 4.69) is 15.3 Å². The fraction of sp³-hybridized carbons (Fsp3) is 0.667. The standard InChI is InChI=1S/C15H23N5O/c16-6-5-12-8-14(18-10-17-12)19-13-2-1-7-20(9-13)15(21)11-3-4-11/h8,10-11,13H,1-7,9,16H2,(H,17,18,19). The summed E-state index contributed by atoms with van der Waals surface area (Å²) < 4.78 is 0. The van der Waals surface area contributed by atoms with Gasteiger partial charge in [-0.15, -0.1) is 0 Å². The van der Waals surface area contributed by atoms with Crippen LogP contribution in [0, 0.1) is 5.92 Å². The molecule has 1 saturated carbocycles. The lowest BCUT2D eigenvalue weighted by Crippen LogP contribution is -2.45. The third kappa shape index (κ3) is 3.69. The van der Waals surface area contributed by atoms with E-state index in [0.29, 0.717) is 18.4 Å². The first-order valence-corrected chi connectivity index (χ1v) is 7.82. The summed E-state index contributed by atoms with van der Waals surface area (Å²) in [7, 11) is 0. The average molecular weight is 289 g/mol. The Labute approximate surface area is 125 Å². The number of carbonyl (C=O) groups is 1. The second kappa shape index (κ2) is 6.39. The number of amides is 1. The van der Waals surface area contributed by atoms with E-state index >= 15 is 0 Å². The molecule has 1 aromatic heterocycles. The van der Waals surface area contributed by atoms with Crippen LogP contribution in [0.5, 0.6) is 0 Å². The highest BCUT2D eigenvalue weighted by molar-refractivity contribution is 5.81. The van der Waals surface area contributed by atoms with Gasteiger partial charge in [0.2, 0.25) is 5.91 Å². The summed E-state index contributed by atoms with van der Waals surface area (Å²) >= 11 is 0. The molecule has 6 nitrogen and oxygen atoms in total. The topological polar surface area (TPSA) is 84.1 Å². The van der Waals surface area contributed by atoms with Crippen LogP contribution in [-0.4, -0.2) is 46.5 Å². The van der Waals surface area contributed by atoms with Gasteiger partial charge in [0.15, 0.2) is 0 Å². The van der Waals surface area contributed by atoms with Crippen molar-refractivity contribution in [3.05, 3.63) is 18.1 Å². The van der Waals surface area contributed by atoms with E-state index in [0.717, 1.165) is 56.7 Å². The first-order valence-electron chi connectivity index (χ1n) is 7.82. The maximum Gasteiger partial charge on any atom is 0.225 e. The molecule has 2 fully saturated rings. The van der Waals surface area contributed by atoms with Crippen molar-refractivity contribution in [3.8, 4) is 0 Å². The van der Waals surface area contributed by atoms with Crippen LogP contribution in [0.15, 0.2) is 12.4 Å². The molecule has 2 heterocycles. The molecule has 1 amide bonds. The maximum atomic E-state index is 12.2. The van der Waals surface area contributed by atoms with E-state index < -0.39 is 0 Å². The summed E-state index contributed by atoms with van der Waals surface area (Å²) in [6.45, 7) is 2.27. The molecule has 21 heavy (non-hydrogen) atoms. The van der Waals surface area contributed by atoms with Gasteiger partial charge in [-0.1, -0.05) is 0 Å². The van der Waals surface area contributed by atoms with E-state index in [9.17, 15) is 4.79 Å². The fourth-order valence-corrected chi connectivity index (χ4v) is 2.85. The van der Waals surface area contributed by atoms with Crippen molar-refractivity contribution in [1.29, 1.82) is 0 Å². The molecule has 3 rings (SSSR count). The van der Waals surface area contributed by atoms with Crippen molar-refractivity contribution in [2.75, 3.05) is 25.0 Å². The molecule has 2 aliphatic rings. The molecule has 114 valence electrons. The van der Waals surface area contributed by atoms with Crippen molar-refractivity contribution in [2.24, 2.45) is 11.7 Å². The molecule has 3 N–H and O–H groups in total. The zero-order valence-corrected chi connectivity index (χ0v) is 12.3. The predicted octanol–water partition coefficient (Wildman–Crippen LogP) is 0.791. The van der Waals surface area contributed by atoms with Crippen LogP contribution in [0.4, 0.5) is 5.82 Å².